The van der Waals surface area contributed by atoms with E-state index in [1.807, 2.05) is 0 Å². The molecule has 0 aliphatic carbocycles. The van der Waals surface area contributed by atoms with Gasteiger partial charge < -0.3 is 10.6 Å². The van der Waals surface area contributed by atoms with Gasteiger partial charge in [0.25, 0.3) is 0 Å². The lowest BCUT2D eigenvalue weighted by atomic mass is 10.1. The molecule has 106 valence electrons. The zero-order valence-corrected chi connectivity index (χ0v) is 12.5. The minimum absolute atomic E-state index is 0.732. The summed E-state index contributed by atoms with van der Waals surface area (Å²) in [6, 6.07) is 17.4. The second-order valence-electron chi connectivity index (χ2n) is 5.39. The molecule has 0 aliphatic rings. The molecule has 2 aromatic rings. The van der Waals surface area contributed by atoms with Crippen LogP contribution in [0.1, 0.15) is 23.1 Å². The van der Waals surface area contributed by atoms with Crippen LogP contribution in [0.4, 0.5) is 5.69 Å². The van der Waals surface area contributed by atoms with Crippen LogP contribution < -0.4 is 10.6 Å². The van der Waals surface area contributed by atoms with Gasteiger partial charge in [-0.2, -0.15) is 0 Å². The van der Waals surface area contributed by atoms with Crippen molar-refractivity contribution in [3.8, 4) is 0 Å². The van der Waals surface area contributed by atoms with Crippen molar-refractivity contribution < 1.29 is 0 Å². The molecule has 0 fully saturated rings. The van der Waals surface area contributed by atoms with Gasteiger partial charge in [0.1, 0.15) is 0 Å². The molecule has 20 heavy (non-hydrogen) atoms. The van der Waals surface area contributed by atoms with Crippen molar-refractivity contribution in [1.29, 1.82) is 0 Å². The Morgan fingerprint density at radius 2 is 1.65 bits per heavy atom. The summed E-state index contributed by atoms with van der Waals surface area (Å²) in [6.45, 7) is 6.94. The largest absolute Gasteiger partial charge is 0.367 e. The van der Waals surface area contributed by atoms with Gasteiger partial charge in [0.05, 0.1) is 0 Å². The fourth-order valence-corrected chi connectivity index (χ4v) is 2.44. The van der Waals surface area contributed by atoms with E-state index in [0.29, 0.717) is 0 Å². The van der Waals surface area contributed by atoms with Gasteiger partial charge in [-0.25, -0.2) is 0 Å². The number of anilines is 1. The smallest absolute Gasteiger partial charge is 0.0429 e. The highest BCUT2D eigenvalue weighted by Gasteiger charge is 2.07. The highest BCUT2D eigenvalue weighted by atomic mass is 15.1. The fourth-order valence-electron chi connectivity index (χ4n) is 2.44. The van der Waals surface area contributed by atoms with Gasteiger partial charge in [-0.3, -0.25) is 0 Å². The number of hydrogen-bond donors (Lipinski definition) is 1. The standard InChI is InChI=1S/C18H24N2/c1-15-6-3-8-17(12-15)14-20(11-5-10-19)18-9-4-7-16(2)13-18/h3-4,6-9,12-13H,5,10-11,14,19H2,1-2H3. The van der Waals surface area contributed by atoms with E-state index in [9.17, 15) is 0 Å². The Bertz CT molecular complexity index is 549. The van der Waals surface area contributed by atoms with E-state index in [1.54, 1.807) is 0 Å². The van der Waals surface area contributed by atoms with Crippen molar-refractivity contribution in [2.24, 2.45) is 5.73 Å². The van der Waals surface area contributed by atoms with Crippen LogP contribution in [0.25, 0.3) is 0 Å². The van der Waals surface area contributed by atoms with E-state index in [4.69, 9.17) is 5.73 Å². The van der Waals surface area contributed by atoms with E-state index in [1.165, 1.54) is 22.4 Å². The Morgan fingerprint density at radius 3 is 2.30 bits per heavy atom. The number of benzene rings is 2. The van der Waals surface area contributed by atoms with Gasteiger partial charge in [0.2, 0.25) is 0 Å². The van der Waals surface area contributed by atoms with E-state index < -0.39 is 0 Å². The molecular formula is C18H24N2. The summed E-state index contributed by atoms with van der Waals surface area (Å²) in [5.74, 6) is 0. The molecule has 0 aliphatic heterocycles. The highest BCUT2D eigenvalue weighted by molar-refractivity contribution is 5.49. The second kappa shape index (κ2) is 7.11. The first-order valence-electron chi connectivity index (χ1n) is 7.26. The van der Waals surface area contributed by atoms with Gasteiger partial charge in [0, 0.05) is 18.8 Å². The van der Waals surface area contributed by atoms with Gasteiger partial charge in [-0.15, -0.1) is 0 Å². The van der Waals surface area contributed by atoms with Crippen molar-refractivity contribution >= 4 is 5.69 Å². The first kappa shape index (κ1) is 14.6. The van der Waals surface area contributed by atoms with Crippen molar-refractivity contribution in [1.82, 2.24) is 0 Å². The van der Waals surface area contributed by atoms with E-state index in [2.05, 4.69) is 67.3 Å². The topological polar surface area (TPSA) is 29.3 Å². The summed E-state index contributed by atoms with van der Waals surface area (Å²) in [7, 11) is 0. The molecule has 0 bridgehead atoms. The summed E-state index contributed by atoms with van der Waals surface area (Å²) in [4.78, 5) is 2.41. The van der Waals surface area contributed by atoms with Crippen LogP contribution in [0.15, 0.2) is 48.5 Å². The average molecular weight is 268 g/mol. The Balaban J connectivity index is 2.19. The number of nitrogens with zero attached hydrogens (tertiary/aromatic N) is 1. The average Bonchev–Trinajstić information content (AvgIpc) is 2.43. The summed E-state index contributed by atoms with van der Waals surface area (Å²) in [6.07, 6.45) is 1.01. The van der Waals surface area contributed by atoms with E-state index in [-0.39, 0.29) is 0 Å². The molecule has 0 spiro atoms. The van der Waals surface area contributed by atoms with Crippen molar-refractivity contribution in [3.05, 3.63) is 65.2 Å². The predicted octanol–water partition coefficient (Wildman–Crippen LogP) is 3.66. The Morgan fingerprint density at radius 1 is 0.950 bits per heavy atom. The molecule has 2 rings (SSSR count). The molecule has 2 nitrogen and oxygen atoms in total. The Hall–Kier alpha value is -1.80. The van der Waals surface area contributed by atoms with Crippen LogP contribution >= 0.6 is 0 Å². The number of hydrogen-bond acceptors (Lipinski definition) is 2. The molecule has 0 unspecified atom stereocenters. The third kappa shape index (κ3) is 4.10. The summed E-state index contributed by atoms with van der Waals surface area (Å²) in [5.41, 5.74) is 10.9. The third-order valence-electron chi connectivity index (χ3n) is 3.45. The lowest BCUT2D eigenvalue weighted by Gasteiger charge is -2.25. The van der Waals surface area contributed by atoms with Gasteiger partial charge in [0.15, 0.2) is 0 Å². The highest BCUT2D eigenvalue weighted by Crippen LogP contribution is 2.19. The summed E-state index contributed by atoms with van der Waals surface area (Å²) in [5, 5.41) is 0. The lowest BCUT2D eigenvalue weighted by Crippen LogP contribution is -2.25. The number of rotatable bonds is 6. The fraction of sp³-hybridized carbons (Fsp3) is 0.333. The lowest BCUT2D eigenvalue weighted by molar-refractivity contribution is 0.735. The van der Waals surface area contributed by atoms with Crippen LogP contribution in [-0.2, 0) is 6.54 Å². The Kier molecular flexibility index (Phi) is 5.19. The molecule has 2 heteroatoms. The number of nitrogens with two attached hydrogens (primary N) is 1. The quantitative estimate of drug-likeness (QED) is 0.866. The maximum absolute atomic E-state index is 5.68. The minimum Gasteiger partial charge on any atom is -0.367 e. The van der Waals surface area contributed by atoms with Crippen molar-refractivity contribution in [2.75, 3.05) is 18.0 Å². The Labute approximate surface area is 122 Å². The molecule has 0 aromatic heterocycles. The second-order valence-corrected chi connectivity index (χ2v) is 5.39. The van der Waals surface area contributed by atoms with Crippen LogP contribution in [0.2, 0.25) is 0 Å². The third-order valence-corrected chi connectivity index (χ3v) is 3.45. The van der Waals surface area contributed by atoms with Crippen LogP contribution in [0, 0.1) is 13.8 Å². The minimum atomic E-state index is 0.732. The maximum atomic E-state index is 5.68. The summed E-state index contributed by atoms with van der Waals surface area (Å²) < 4.78 is 0. The normalized spacial score (nSPS) is 10.6. The van der Waals surface area contributed by atoms with E-state index >= 15 is 0 Å². The van der Waals surface area contributed by atoms with Gasteiger partial charge >= 0.3 is 0 Å². The van der Waals surface area contributed by atoms with Crippen molar-refractivity contribution in [3.63, 3.8) is 0 Å². The maximum Gasteiger partial charge on any atom is 0.0429 e. The monoisotopic (exact) mass is 268 g/mol. The zero-order chi connectivity index (χ0) is 14.4. The van der Waals surface area contributed by atoms with Crippen molar-refractivity contribution in [2.45, 2.75) is 26.8 Å². The molecule has 2 aromatic carbocycles. The first-order valence-corrected chi connectivity index (χ1v) is 7.26. The molecule has 0 heterocycles. The molecule has 0 atom stereocenters. The first-order chi connectivity index (χ1) is 9.69. The van der Waals surface area contributed by atoms with E-state index in [0.717, 1.165) is 26.1 Å². The van der Waals surface area contributed by atoms with Gasteiger partial charge in [-0.1, -0.05) is 42.0 Å². The molecular weight excluding hydrogens is 244 g/mol. The summed E-state index contributed by atoms with van der Waals surface area (Å²) >= 11 is 0. The van der Waals surface area contributed by atoms with Crippen LogP contribution in [0.5, 0.6) is 0 Å². The van der Waals surface area contributed by atoms with Gasteiger partial charge in [-0.05, 0) is 50.1 Å². The molecule has 0 saturated carbocycles. The van der Waals surface area contributed by atoms with Crippen LogP contribution in [0.3, 0.4) is 0 Å². The zero-order valence-electron chi connectivity index (χ0n) is 12.5. The van der Waals surface area contributed by atoms with Crippen LogP contribution in [-0.4, -0.2) is 13.1 Å². The molecule has 0 amide bonds. The molecule has 2 N–H and O–H groups in total. The molecule has 0 radical (unpaired) electrons. The SMILES string of the molecule is Cc1cccc(CN(CCCN)c2cccc(C)c2)c1. The number of aryl methyl sites for hydroxylation is 2. The predicted molar refractivity (Wildman–Crippen MR) is 87.1 cm³/mol. The molecule has 0 saturated heterocycles.